The number of hydrogen-bond donors (Lipinski definition) is 3. The molecular weight excluding hydrogens is 322 g/mol. The molecule has 2 aliphatic heterocycles. The number of methoxy groups -OCH3 is 1. The minimum absolute atomic E-state index is 0.0255. The molecule has 7 heteroatoms. The maximum atomic E-state index is 12.2. The van der Waals surface area contributed by atoms with Crippen LogP contribution in [0.15, 0.2) is 24.3 Å². The summed E-state index contributed by atoms with van der Waals surface area (Å²) in [6, 6.07) is 7.22. The number of amides is 2. The van der Waals surface area contributed by atoms with E-state index < -0.39 is 0 Å². The summed E-state index contributed by atoms with van der Waals surface area (Å²) in [6.07, 6.45) is 1.66. The first-order chi connectivity index (χ1) is 12.1. The van der Waals surface area contributed by atoms with Crippen LogP contribution in [0.2, 0.25) is 0 Å². The van der Waals surface area contributed by atoms with E-state index in [9.17, 15) is 9.59 Å². The smallest absolute Gasteiger partial charge is 0.237 e. The van der Waals surface area contributed by atoms with Gasteiger partial charge in [-0.15, -0.1) is 0 Å². The SMILES string of the molecule is COc1cccc(CNC(=O)CNC2C(=O)NCC23CCOCC3)c1. The number of rotatable bonds is 6. The topological polar surface area (TPSA) is 88.7 Å². The molecule has 2 saturated heterocycles. The summed E-state index contributed by atoms with van der Waals surface area (Å²) in [5.74, 6) is 0.598. The molecule has 1 spiro atoms. The lowest BCUT2D eigenvalue weighted by Gasteiger charge is -2.36. The Bertz CT molecular complexity index is 629. The highest BCUT2D eigenvalue weighted by molar-refractivity contribution is 5.86. The van der Waals surface area contributed by atoms with Gasteiger partial charge in [0.25, 0.3) is 0 Å². The summed E-state index contributed by atoms with van der Waals surface area (Å²) >= 11 is 0. The lowest BCUT2D eigenvalue weighted by molar-refractivity contribution is -0.123. The third-order valence-corrected chi connectivity index (χ3v) is 5.07. The van der Waals surface area contributed by atoms with Crippen LogP contribution >= 0.6 is 0 Å². The lowest BCUT2D eigenvalue weighted by Crippen LogP contribution is -2.51. The van der Waals surface area contributed by atoms with Crippen molar-refractivity contribution in [3.63, 3.8) is 0 Å². The van der Waals surface area contributed by atoms with Crippen LogP contribution in [0.4, 0.5) is 0 Å². The molecule has 1 unspecified atom stereocenters. The van der Waals surface area contributed by atoms with Gasteiger partial charge in [0.2, 0.25) is 11.8 Å². The van der Waals surface area contributed by atoms with Crippen molar-refractivity contribution in [1.82, 2.24) is 16.0 Å². The molecule has 3 rings (SSSR count). The van der Waals surface area contributed by atoms with Crippen LogP contribution in [-0.2, 0) is 20.9 Å². The third-order valence-electron chi connectivity index (χ3n) is 5.07. The number of carbonyl (C=O) groups excluding carboxylic acids is 2. The molecule has 25 heavy (non-hydrogen) atoms. The summed E-state index contributed by atoms with van der Waals surface area (Å²) in [4.78, 5) is 24.3. The first kappa shape index (κ1) is 17.7. The molecule has 1 atom stereocenters. The van der Waals surface area contributed by atoms with Crippen LogP contribution in [0, 0.1) is 5.41 Å². The highest BCUT2D eigenvalue weighted by Gasteiger charge is 2.48. The third kappa shape index (κ3) is 4.11. The van der Waals surface area contributed by atoms with E-state index in [1.165, 1.54) is 0 Å². The molecule has 3 N–H and O–H groups in total. The van der Waals surface area contributed by atoms with Crippen molar-refractivity contribution < 1.29 is 19.1 Å². The number of hydrogen-bond acceptors (Lipinski definition) is 5. The van der Waals surface area contributed by atoms with Gasteiger partial charge in [-0.2, -0.15) is 0 Å². The van der Waals surface area contributed by atoms with E-state index in [1.54, 1.807) is 7.11 Å². The van der Waals surface area contributed by atoms with Gasteiger partial charge in [0.1, 0.15) is 5.75 Å². The van der Waals surface area contributed by atoms with Crippen LogP contribution in [0.5, 0.6) is 5.75 Å². The van der Waals surface area contributed by atoms with Crippen LogP contribution < -0.4 is 20.7 Å². The Hall–Kier alpha value is -2.12. The average Bonchev–Trinajstić information content (AvgIpc) is 2.94. The fourth-order valence-corrected chi connectivity index (χ4v) is 3.54. The van der Waals surface area contributed by atoms with Crippen LogP contribution in [0.1, 0.15) is 18.4 Å². The van der Waals surface area contributed by atoms with E-state index in [4.69, 9.17) is 9.47 Å². The molecule has 2 fully saturated rings. The van der Waals surface area contributed by atoms with Crippen molar-refractivity contribution in [2.24, 2.45) is 5.41 Å². The number of ether oxygens (including phenoxy) is 2. The summed E-state index contributed by atoms with van der Waals surface area (Å²) in [5, 5.41) is 8.93. The van der Waals surface area contributed by atoms with E-state index >= 15 is 0 Å². The second-order valence-corrected chi connectivity index (χ2v) is 6.63. The quantitative estimate of drug-likeness (QED) is 0.684. The average molecular weight is 347 g/mol. The van der Waals surface area contributed by atoms with Gasteiger partial charge in [0, 0.05) is 31.7 Å². The Labute approximate surface area is 147 Å². The predicted octanol–water partition coefficient (Wildman–Crippen LogP) is 0.196. The molecule has 2 aliphatic rings. The molecule has 1 aromatic rings. The van der Waals surface area contributed by atoms with E-state index in [0.717, 1.165) is 24.2 Å². The van der Waals surface area contributed by atoms with Gasteiger partial charge in [-0.25, -0.2) is 0 Å². The molecular formula is C18H25N3O4. The van der Waals surface area contributed by atoms with Gasteiger partial charge in [0.15, 0.2) is 0 Å². The van der Waals surface area contributed by atoms with E-state index in [-0.39, 0.29) is 29.8 Å². The summed E-state index contributed by atoms with van der Waals surface area (Å²) in [5.41, 5.74) is 0.829. The molecule has 0 aromatic heterocycles. The summed E-state index contributed by atoms with van der Waals surface area (Å²) in [6.45, 7) is 2.51. The lowest BCUT2D eigenvalue weighted by atomic mass is 9.76. The largest absolute Gasteiger partial charge is 0.497 e. The van der Waals surface area contributed by atoms with Crippen molar-refractivity contribution in [3.05, 3.63) is 29.8 Å². The monoisotopic (exact) mass is 347 g/mol. The number of benzene rings is 1. The maximum absolute atomic E-state index is 12.2. The molecule has 0 bridgehead atoms. The van der Waals surface area contributed by atoms with E-state index in [0.29, 0.717) is 26.3 Å². The van der Waals surface area contributed by atoms with Crippen LogP contribution in [-0.4, -0.2) is 51.3 Å². The minimum Gasteiger partial charge on any atom is -0.497 e. The van der Waals surface area contributed by atoms with Crippen LogP contribution in [0.25, 0.3) is 0 Å². The van der Waals surface area contributed by atoms with Crippen molar-refractivity contribution >= 4 is 11.8 Å². The summed E-state index contributed by atoms with van der Waals surface area (Å²) < 4.78 is 10.6. The molecule has 0 aliphatic carbocycles. The summed E-state index contributed by atoms with van der Waals surface area (Å²) in [7, 11) is 1.61. The molecule has 0 saturated carbocycles. The van der Waals surface area contributed by atoms with E-state index in [1.807, 2.05) is 24.3 Å². The highest BCUT2D eigenvalue weighted by atomic mass is 16.5. The highest BCUT2D eigenvalue weighted by Crippen LogP contribution is 2.36. The van der Waals surface area contributed by atoms with E-state index in [2.05, 4.69) is 16.0 Å². The zero-order valence-corrected chi connectivity index (χ0v) is 14.5. The fourth-order valence-electron chi connectivity index (χ4n) is 3.54. The van der Waals surface area contributed by atoms with Crippen molar-refractivity contribution in [2.45, 2.75) is 25.4 Å². The normalized spacial score (nSPS) is 21.8. The molecule has 0 radical (unpaired) electrons. The zero-order valence-electron chi connectivity index (χ0n) is 14.5. The second-order valence-electron chi connectivity index (χ2n) is 6.63. The molecule has 2 amide bonds. The van der Waals surface area contributed by atoms with Gasteiger partial charge in [-0.3, -0.25) is 14.9 Å². The second kappa shape index (κ2) is 7.84. The molecule has 7 nitrogen and oxygen atoms in total. The molecule has 2 heterocycles. The number of carbonyl (C=O) groups is 2. The minimum atomic E-state index is -0.334. The van der Waals surface area contributed by atoms with Gasteiger partial charge < -0.3 is 20.1 Å². The van der Waals surface area contributed by atoms with Crippen molar-refractivity contribution in [3.8, 4) is 5.75 Å². The van der Waals surface area contributed by atoms with Crippen molar-refractivity contribution in [2.75, 3.05) is 33.4 Å². The Balaban J connectivity index is 1.50. The first-order valence-electron chi connectivity index (χ1n) is 8.61. The maximum Gasteiger partial charge on any atom is 0.237 e. The van der Waals surface area contributed by atoms with Gasteiger partial charge in [0.05, 0.1) is 19.7 Å². The van der Waals surface area contributed by atoms with Gasteiger partial charge in [-0.1, -0.05) is 12.1 Å². The zero-order chi connectivity index (χ0) is 17.7. The first-order valence-corrected chi connectivity index (χ1v) is 8.61. The van der Waals surface area contributed by atoms with Crippen molar-refractivity contribution in [1.29, 1.82) is 0 Å². The van der Waals surface area contributed by atoms with Crippen LogP contribution in [0.3, 0.4) is 0 Å². The van der Waals surface area contributed by atoms with Gasteiger partial charge in [-0.05, 0) is 30.5 Å². The Morgan fingerprint density at radius 1 is 1.40 bits per heavy atom. The van der Waals surface area contributed by atoms with Gasteiger partial charge >= 0.3 is 0 Å². The Kier molecular flexibility index (Phi) is 5.55. The molecule has 1 aromatic carbocycles. The fraction of sp³-hybridized carbons (Fsp3) is 0.556. The Morgan fingerprint density at radius 3 is 2.96 bits per heavy atom. The number of nitrogens with one attached hydrogen (secondary N) is 3. The Morgan fingerprint density at radius 2 is 2.20 bits per heavy atom. The predicted molar refractivity (Wildman–Crippen MR) is 92.1 cm³/mol. The standard InChI is InChI=1S/C18H25N3O4/c1-24-14-4-2-3-13(9-14)10-19-15(22)11-20-16-17(23)21-12-18(16)5-7-25-8-6-18/h2-4,9,16,20H,5-8,10-12H2,1H3,(H,19,22)(H,21,23). The molecule has 136 valence electrons.